The van der Waals surface area contributed by atoms with Crippen molar-refractivity contribution in [3.05, 3.63) is 68.4 Å². The van der Waals surface area contributed by atoms with Crippen molar-refractivity contribution in [3.63, 3.8) is 0 Å². The number of rotatable bonds is 4. The lowest BCUT2D eigenvalue weighted by molar-refractivity contribution is -0.384. The van der Waals surface area contributed by atoms with Crippen LogP contribution in [0.1, 0.15) is 5.56 Å². The van der Waals surface area contributed by atoms with Crippen molar-refractivity contribution < 1.29 is 9.31 Å². The van der Waals surface area contributed by atoms with Crippen LogP contribution >= 0.6 is 15.9 Å². The van der Waals surface area contributed by atoms with E-state index < -0.39 is 4.92 Å². The zero-order valence-corrected chi connectivity index (χ0v) is 11.4. The third kappa shape index (κ3) is 3.29. The smallest absolute Gasteiger partial charge is 0.269 e. The second-order valence-electron chi connectivity index (χ2n) is 3.88. The molecule has 0 spiro atoms. The molecule has 98 valence electrons. The molecule has 6 heteroatoms. The summed E-state index contributed by atoms with van der Waals surface area (Å²) in [5, 5.41) is 13.6. The van der Waals surface area contributed by atoms with Gasteiger partial charge in [-0.05, 0) is 33.6 Å². The van der Waals surface area contributed by atoms with Crippen LogP contribution in [0.3, 0.4) is 0 Å². The molecule has 0 unspecified atom stereocenters. The van der Waals surface area contributed by atoms with Crippen LogP contribution in [0, 0.1) is 15.9 Å². The molecule has 0 aliphatic rings. The van der Waals surface area contributed by atoms with Crippen LogP contribution in [-0.2, 0) is 6.54 Å². The van der Waals surface area contributed by atoms with Crippen LogP contribution in [-0.4, -0.2) is 4.92 Å². The van der Waals surface area contributed by atoms with Crippen LogP contribution in [0.2, 0.25) is 0 Å². The van der Waals surface area contributed by atoms with Crippen molar-refractivity contribution in [1.82, 2.24) is 0 Å². The molecule has 0 saturated carbocycles. The number of halogens is 2. The van der Waals surface area contributed by atoms with Crippen molar-refractivity contribution in [2.45, 2.75) is 6.54 Å². The Bertz CT molecular complexity index is 599. The lowest BCUT2D eigenvalue weighted by atomic mass is 10.2. The highest BCUT2D eigenvalue weighted by Gasteiger charge is 2.08. The molecule has 19 heavy (non-hydrogen) atoms. The van der Waals surface area contributed by atoms with Crippen LogP contribution in [0.5, 0.6) is 0 Å². The number of nitro groups is 1. The maximum absolute atomic E-state index is 13.6. The van der Waals surface area contributed by atoms with Crippen molar-refractivity contribution >= 4 is 27.3 Å². The highest BCUT2D eigenvalue weighted by atomic mass is 79.9. The van der Waals surface area contributed by atoms with Gasteiger partial charge in [-0.1, -0.05) is 18.2 Å². The normalized spacial score (nSPS) is 10.2. The van der Waals surface area contributed by atoms with E-state index in [1.807, 2.05) is 0 Å². The van der Waals surface area contributed by atoms with E-state index >= 15 is 0 Å². The van der Waals surface area contributed by atoms with Gasteiger partial charge in [0.15, 0.2) is 0 Å². The van der Waals surface area contributed by atoms with Crippen molar-refractivity contribution in [2.24, 2.45) is 0 Å². The van der Waals surface area contributed by atoms with E-state index in [-0.39, 0.29) is 11.5 Å². The number of nitro benzene ring substituents is 1. The fourth-order valence-corrected chi connectivity index (χ4v) is 2.12. The van der Waals surface area contributed by atoms with E-state index in [9.17, 15) is 14.5 Å². The average Bonchev–Trinajstić information content (AvgIpc) is 2.38. The molecule has 0 heterocycles. The summed E-state index contributed by atoms with van der Waals surface area (Å²) in [7, 11) is 0. The Morgan fingerprint density at radius 2 is 2.00 bits per heavy atom. The minimum atomic E-state index is -0.456. The third-order valence-electron chi connectivity index (χ3n) is 2.55. The molecular weight excluding hydrogens is 315 g/mol. The average molecular weight is 325 g/mol. The van der Waals surface area contributed by atoms with Gasteiger partial charge in [-0.25, -0.2) is 4.39 Å². The van der Waals surface area contributed by atoms with Gasteiger partial charge < -0.3 is 5.32 Å². The summed E-state index contributed by atoms with van der Waals surface area (Å²) >= 11 is 3.25. The molecule has 0 aromatic heterocycles. The van der Waals surface area contributed by atoms with E-state index in [1.54, 1.807) is 24.3 Å². The summed E-state index contributed by atoms with van der Waals surface area (Å²) in [6.45, 7) is 0.307. The van der Waals surface area contributed by atoms with E-state index in [4.69, 9.17) is 0 Å². The molecule has 0 saturated heterocycles. The highest BCUT2D eigenvalue weighted by Crippen LogP contribution is 2.26. The van der Waals surface area contributed by atoms with Crippen LogP contribution in [0.4, 0.5) is 15.8 Å². The van der Waals surface area contributed by atoms with Crippen molar-refractivity contribution in [3.8, 4) is 0 Å². The van der Waals surface area contributed by atoms with Gasteiger partial charge in [-0.15, -0.1) is 0 Å². The van der Waals surface area contributed by atoms with Crippen molar-refractivity contribution in [1.29, 1.82) is 0 Å². The molecule has 2 rings (SSSR count). The number of nitrogens with one attached hydrogen (secondary N) is 1. The Labute approximate surface area is 117 Å². The minimum Gasteiger partial charge on any atom is -0.378 e. The van der Waals surface area contributed by atoms with Crippen molar-refractivity contribution in [2.75, 3.05) is 5.32 Å². The van der Waals surface area contributed by atoms with Gasteiger partial charge in [0.2, 0.25) is 0 Å². The van der Waals surface area contributed by atoms with Gasteiger partial charge in [0, 0.05) is 23.2 Å². The van der Waals surface area contributed by atoms with E-state index in [1.165, 1.54) is 18.2 Å². The van der Waals surface area contributed by atoms with Gasteiger partial charge in [0.1, 0.15) is 5.82 Å². The second-order valence-corrected chi connectivity index (χ2v) is 4.73. The predicted molar refractivity (Wildman–Crippen MR) is 74.5 cm³/mol. The molecule has 0 bridgehead atoms. The molecule has 0 radical (unpaired) electrons. The molecule has 0 aliphatic carbocycles. The molecule has 0 fully saturated rings. The number of nitrogens with zero attached hydrogens (tertiary/aromatic N) is 1. The first-order valence-corrected chi connectivity index (χ1v) is 6.28. The largest absolute Gasteiger partial charge is 0.378 e. The number of benzene rings is 2. The Morgan fingerprint density at radius 3 is 2.68 bits per heavy atom. The van der Waals surface area contributed by atoms with E-state index in [0.717, 1.165) is 0 Å². The maximum atomic E-state index is 13.6. The zero-order chi connectivity index (χ0) is 13.8. The first kappa shape index (κ1) is 13.5. The molecule has 2 aromatic carbocycles. The summed E-state index contributed by atoms with van der Waals surface area (Å²) in [5.41, 5.74) is 1.07. The number of anilines is 1. The molecule has 2 aromatic rings. The van der Waals surface area contributed by atoms with Gasteiger partial charge in [0.05, 0.1) is 10.6 Å². The van der Waals surface area contributed by atoms with Crippen LogP contribution < -0.4 is 5.32 Å². The lowest BCUT2D eigenvalue weighted by Crippen LogP contribution is -2.02. The van der Waals surface area contributed by atoms with Crippen LogP contribution in [0.15, 0.2) is 46.9 Å². The summed E-state index contributed by atoms with van der Waals surface area (Å²) in [6.07, 6.45) is 0. The molecule has 0 aliphatic heterocycles. The Kier molecular flexibility index (Phi) is 4.11. The Morgan fingerprint density at radius 1 is 1.26 bits per heavy atom. The fraction of sp³-hybridized carbons (Fsp3) is 0.0769. The van der Waals surface area contributed by atoms with E-state index in [2.05, 4.69) is 21.2 Å². The van der Waals surface area contributed by atoms with Gasteiger partial charge >= 0.3 is 0 Å². The number of hydrogen-bond acceptors (Lipinski definition) is 3. The number of hydrogen-bond donors (Lipinski definition) is 1. The lowest BCUT2D eigenvalue weighted by Gasteiger charge is -2.09. The zero-order valence-electron chi connectivity index (χ0n) is 9.77. The summed E-state index contributed by atoms with van der Waals surface area (Å²) in [6, 6.07) is 10.9. The molecule has 4 nitrogen and oxygen atoms in total. The van der Waals surface area contributed by atoms with Crippen LogP contribution in [0.25, 0.3) is 0 Å². The molecular formula is C13H10BrFN2O2. The molecule has 0 amide bonds. The first-order chi connectivity index (χ1) is 9.08. The van der Waals surface area contributed by atoms with Gasteiger partial charge in [-0.2, -0.15) is 0 Å². The quantitative estimate of drug-likeness (QED) is 0.680. The van der Waals surface area contributed by atoms with Gasteiger partial charge in [-0.3, -0.25) is 10.1 Å². The SMILES string of the molecule is O=[N+]([O-])c1cccc(CNc2c(F)cccc2Br)c1. The first-order valence-electron chi connectivity index (χ1n) is 5.49. The Hall–Kier alpha value is -1.95. The summed E-state index contributed by atoms with van der Waals surface area (Å²) in [4.78, 5) is 10.2. The summed E-state index contributed by atoms with van der Waals surface area (Å²) < 4.78 is 14.2. The standard InChI is InChI=1S/C13H10BrFN2O2/c14-11-5-2-6-12(15)13(11)16-8-9-3-1-4-10(7-9)17(18)19/h1-7,16H,8H2. The van der Waals surface area contributed by atoms with E-state index in [0.29, 0.717) is 22.3 Å². The number of para-hydroxylation sites is 1. The minimum absolute atomic E-state index is 0.0203. The third-order valence-corrected chi connectivity index (χ3v) is 3.21. The second kappa shape index (κ2) is 5.79. The van der Waals surface area contributed by atoms with Gasteiger partial charge in [0.25, 0.3) is 5.69 Å². The highest BCUT2D eigenvalue weighted by molar-refractivity contribution is 9.10. The number of non-ortho nitro benzene ring substituents is 1. The predicted octanol–water partition coefficient (Wildman–Crippen LogP) is 4.11. The monoisotopic (exact) mass is 324 g/mol. The topological polar surface area (TPSA) is 55.2 Å². The molecule has 0 atom stereocenters. The maximum Gasteiger partial charge on any atom is 0.269 e. The molecule has 1 N–H and O–H groups in total. The summed E-state index contributed by atoms with van der Waals surface area (Å²) in [5.74, 6) is -0.375. The fourth-order valence-electron chi connectivity index (χ4n) is 1.64. The Balaban J connectivity index is 2.15.